The molecule has 4 rings (SSSR count). The number of pyridine rings is 1. The standard InChI is InChI=1S/C22H23N5O3/c23-12-14-29-18-9-5-4-8-17(18)25-20-11-10-19-21(26-20)27(13-15-30-19)22(28)24-16-6-2-1-3-7-16/h1-11H,12-15,23H2,(H,24,28)(H,25,26). The molecule has 30 heavy (non-hydrogen) atoms. The molecule has 0 bridgehead atoms. The summed E-state index contributed by atoms with van der Waals surface area (Å²) in [6, 6.07) is 20.2. The molecule has 0 aliphatic carbocycles. The molecule has 1 aliphatic rings. The maximum absolute atomic E-state index is 12.8. The fourth-order valence-corrected chi connectivity index (χ4v) is 3.08. The topological polar surface area (TPSA) is 102 Å². The van der Waals surface area contributed by atoms with Crippen molar-refractivity contribution in [3.63, 3.8) is 0 Å². The van der Waals surface area contributed by atoms with Crippen molar-refractivity contribution in [3.8, 4) is 11.5 Å². The molecule has 0 spiro atoms. The highest BCUT2D eigenvalue weighted by atomic mass is 16.5. The van der Waals surface area contributed by atoms with E-state index in [0.29, 0.717) is 49.4 Å². The van der Waals surface area contributed by atoms with Gasteiger partial charge in [-0.25, -0.2) is 9.78 Å². The third kappa shape index (κ3) is 4.44. The molecule has 8 nitrogen and oxygen atoms in total. The van der Waals surface area contributed by atoms with E-state index in [1.807, 2.05) is 54.6 Å². The number of fused-ring (bicyclic) bond motifs is 1. The average Bonchev–Trinajstić information content (AvgIpc) is 2.78. The lowest BCUT2D eigenvalue weighted by molar-refractivity contribution is 0.249. The Hall–Kier alpha value is -3.78. The van der Waals surface area contributed by atoms with Crippen LogP contribution in [0.25, 0.3) is 0 Å². The van der Waals surface area contributed by atoms with Crippen LogP contribution in [0.15, 0.2) is 66.7 Å². The summed E-state index contributed by atoms with van der Waals surface area (Å²) in [5, 5.41) is 6.14. The van der Waals surface area contributed by atoms with Gasteiger partial charge < -0.3 is 25.8 Å². The molecule has 0 saturated heterocycles. The number of rotatable bonds is 6. The highest BCUT2D eigenvalue weighted by Gasteiger charge is 2.26. The zero-order valence-electron chi connectivity index (χ0n) is 16.4. The summed E-state index contributed by atoms with van der Waals surface area (Å²) in [5.41, 5.74) is 7.02. The van der Waals surface area contributed by atoms with E-state index in [-0.39, 0.29) is 6.03 Å². The van der Waals surface area contributed by atoms with Crippen LogP contribution in [-0.2, 0) is 0 Å². The van der Waals surface area contributed by atoms with Gasteiger partial charge in [-0.1, -0.05) is 30.3 Å². The summed E-state index contributed by atoms with van der Waals surface area (Å²) >= 11 is 0. The van der Waals surface area contributed by atoms with Crippen molar-refractivity contribution >= 4 is 29.0 Å². The Morgan fingerprint density at radius 3 is 2.73 bits per heavy atom. The molecule has 4 N–H and O–H groups in total. The van der Waals surface area contributed by atoms with Crippen molar-refractivity contribution in [2.45, 2.75) is 0 Å². The molecule has 3 aromatic rings. The smallest absolute Gasteiger partial charge is 0.327 e. The number of para-hydroxylation sites is 3. The maximum atomic E-state index is 12.8. The largest absolute Gasteiger partial charge is 0.490 e. The number of nitrogens with one attached hydrogen (secondary N) is 2. The van der Waals surface area contributed by atoms with Crippen LogP contribution in [0.3, 0.4) is 0 Å². The zero-order valence-corrected chi connectivity index (χ0v) is 16.4. The Morgan fingerprint density at radius 2 is 1.90 bits per heavy atom. The minimum absolute atomic E-state index is 0.262. The molecule has 0 fully saturated rings. The Bertz CT molecular complexity index is 1010. The minimum atomic E-state index is -0.262. The van der Waals surface area contributed by atoms with E-state index >= 15 is 0 Å². The molecule has 8 heteroatoms. The summed E-state index contributed by atoms with van der Waals surface area (Å²) in [7, 11) is 0. The molecule has 1 aliphatic heterocycles. The van der Waals surface area contributed by atoms with Crippen LogP contribution in [0.5, 0.6) is 11.5 Å². The first-order valence-electron chi connectivity index (χ1n) is 9.71. The summed E-state index contributed by atoms with van der Waals surface area (Å²) in [6.07, 6.45) is 0. The lowest BCUT2D eigenvalue weighted by atomic mass is 10.2. The van der Waals surface area contributed by atoms with Crippen molar-refractivity contribution in [1.29, 1.82) is 0 Å². The van der Waals surface area contributed by atoms with Gasteiger partial charge in [-0.3, -0.25) is 4.90 Å². The number of nitrogens with zero attached hydrogens (tertiary/aromatic N) is 2. The quantitative estimate of drug-likeness (QED) is 0.579. The molecule has 0 saturated carbocycles. The minimum Gasteiger partial charge on any atom is -0.490 e. The van der Waals surface area contributed by atoms with E-state index < -0.39 is 0 Å². The highest BCUT2D eigenvalue weighted by Crippen LogP contribution is 2.33. The predicted octanol–water partition coefficient (Wildman–Crippen LogP) is 3.59. The number of carbonyl (C=O) groups is 1. The molecular weight excluding hydrogens is 382 g/mol. The number of benzene rings is 2. The third-order valence-electron chi connectivity index (χ3n) is 4.46. The van der Waals surface area contributed by atoms with Crippen LogP contribution < -0.4 is 30.7 Å². The molecular formula is C22H23N5O3. The fourth-order valence-electron chi connectivity index (χ4n) is 3.08. The van der Waals surface area contributed by atoms with Crippen LogP contribution in [0, 0.1) is 0 Å². The van der Waals surface area contributed by atoms with Crippen LogP contribution in [0.2, 0.25) is 0 Å². The van der Waals surface area contributed by atoms with Gasteiger partial charge in [-0.05, 0) is 36.4 Å². The third-order valence-corrected chi connectivity index (χ3v) is 4.46. The van der Waals surface area contributed by atoms with Gasteiger partial charge in [0.25, 0.3) is 0 Å². The van der Waals surface area contributed by atoms with E-state index in [1.165, 1.54) is 0 Å². The molecule has 2 aromatic carbocycles. The molecule has 1 aromatic heterocycles. The van der Waals surface area contributed by atoms with Crippen molar-refractivity contribution < 1.29 is 14.3 Å². The number of urea groups is 1. The Balaban J connectivity index is 1.56. The van der Waals surface area contributed by atoms with E-state index in [2.05, 4.69) is 15.6 Å². The predicted molar refractivity (Wildman–Crippen MR) is 117 cm³/mol. The normalized spacial score (nSPS) is 12.5. The van der Waals surface area contributed by atoms with Crippen LogP contribution >= 0.6 is 0 Å². The first-order chi connectivity index (χ1) is 14.7. The van der Waals surface area contributed by atoms with E-state index in [1.54, 1.807) is 17.0 Å². The molecule has 0 atom stereocenters. The second kappa shape index (κ2) is 9.15. The molecule has 154 valence electrons. The van der Waals surface area contributed by atoms with Gasteiger partial charge in [0.15, 0.2) is 11.6 Å². The Morgan fingerprint density at radius 1 is 1.10 bits per heavy atom. The van der Waals surface area contributed by atoms with Crippen molar-refractivity contribution in [3.05, 3.63) is 66.7 Å². The van der Waals surface area contributed by atoms with Gasteiger partial charge in [0, 0.05) is 12.2 Å². The number of aromatic nitrogens is 1. The second-order valence-corrected chi connectivity index (χ2v) is 6.57. The van der Waals surface area contributed by atoms with Gasteiger partial charge in [0.2, 0.25) is 0 Å². The van der Waals surface area contributed by atoms with E-state index in [9.17, 15) is 4.79 Å². The summed E-state index contributed by atoms with van der Waals surface area (Å²) in [6.45, 7) is 1.64. The summed E-state index contributed by atoms with van der Waals surface area (Å²) < 4.78 is 11.4. The monoisotopic (exact) mass is 405 g/mol. The van der Waals surface area contributed by atoms with Gasteiger partial charge in [-0.15, -0.1) is 0 Å². The number of amides is 2. The summed E-state index contributed by atoms with van der Waals surface area (Å²) in [5.74, 6) is 2.26. The number of carbonyl (C=O) groups excluding carboxylic acids is 1. The Kier molecular flexibility index (Phi) is 5.95. The number of hydrogen-bond acceptors (Lipinski definition) is 6. The number of ether oxygens (including phenoxy) is 2. The van der Waals surface area contributed by atoms with Crippen molar-refractivity contribution in [1.82, 2.24) is 4.98 Å². The first-order valence-corrected chi connectivity index (χ1v) is 9.71. The lowest BCUT2D eigenvalue weighted by Crippen LogP contribution is -2.41. The second-order valence-electron chi connectivity index (χ2n) is 6.57. The maximum Gasteiger partial charge on any atom is 0.327 e. The fraction of sp³-hybridized carbons (Fsp3) is 0.182. The SMILES string of the molecule is NCCOc1ccccc1Nc1ccc2c(n1)N(C(=O)Nc1ccccc1)CCO2. The van der Waals surface area contributed by atoms with Gasteiger partial charge in [0.05, 0.1) is 12.2 Å². The lowest BCUT2D eigenvalue weighted by Gasteiger charge is -2.29. The number of hydrogen-bond donors (Lipinski definition) is 3. The molecule has 2 heterocycles. The molecule has 2 amide bonds. The highest BCUT2D eigenvalue weighted by molar-refractivity contribution is 6.02. The summed E-state index contributed by atoms with van der Waals surface area (Å²) in [4.78, 5) is 19.0. The number of nitrogens with two attached hydrogens (primary N) is 1. The molecule has 0 unspecified atom stereocenters. The van der Waals surface area contributed by atoms with Crippen LogP contribution in [0.4, 0.5) is 27.8 Å². The van der Waals surface area contributed by atoms with Crippen LogP contribution in [0.1, 0.15) is 0 Å². The van der Waals surface area contributed by atoms with Crippen molar-refractivity contribution in [2.24, 2.45) is 5.73 Å². The number of anilines is 4. The molecule has 0 radical (unpaired) electrons. The van der Waals surface area contributed by atoms with E-state index in [4.69, 9.17) is 15.2 Å². The zero-order chi connectivity index (χ0) is 20.8. The van der Waals surface area contributed by atoms with Gasteiger partial charge in [0.1, 0.15) is 24.8 Å². The van der Waals surface area contributed by atoms with Gasteiger partial charge in [-0.2, -0.15) is 0 Å². The van der Waals surface area contributed by atoms with Gasteiger partial charge >= 0.3 is 6.03 Å². The van der Waals surface area contributed by atoms with Crippen LogP contribution in [-0.4, -0.2) is 37.3 Å². The van der Waals surface area contributed by atoms with E-state index in [0.717, 1.165) is 11.4 Å². The Labute approximate surface area is 174 Å². The average molecular weight is 405 g/mol. The van der Waals surface area contributed by atoms with Crippen molar-refractivity contribution in [2.75, 3.05) is 41.8 Å². The first kappa shape index (κ1) is 19.5.